The molecule has 0 aliphatic heterocycles. The van der Waals surface area contributed by atoms with Gasteiger partial charge in [-0.25, -0.2) is 0 Å². The van der Waals surface area contributed by atoms with Crippen molar-refractivity contribution in [2.75, 3.05) is 0 Å². The zero-order chi connectivity index (χ0) is 15.0. The van der Waals surface area contributed by atoms with E-state index < -0.39 is 0 Å². The Bertz CT molecular complexity index is 615. The number of aliphatic imine (C=N–C) groups is 1. The van der Waals surface area contributed by atoms with Crippen molar-refractivity contribution >= 4 is 12.0 Å². The minimum atomic E-state index is -0.151. The van der Waals surface area contributed by atoms with E-state index in [0.29, 0.717) is 18.4 Å². The Morgan fingerprint density at radius 3 is 2.38 bits per heavy atom. The monoisotopic (exact) mass is 283 g/mol. The maximum absolute atomic E-state index is 12.1. The average molecular weight is 283 g/mol. The first-order valence-electron chi connectivity index (χ1n) is 7.50. The van der Waals surface area contributed by atoms with Gasteiger partial charge in [-0.15, -0.1) is 0 Å². The minimum absolute atomic E-state index is 0.00279. The first-order valence-corrected chi connectivity index (χ1v) is 7.50. The van der Waals surface area contributed by atoms with E-state index in [1.165, 1.54) is 11.1 Å². The fraction of sp³-hybridized carbons (Fsp3) is 0.444. The highest BCUT2D eigenvalue weighted by molar-refractivity contribution is 6.14. The third kappa shape index (κ3) is 2.92. The first kappa shape index (κ1) is 14.1. The highest BCUT2D eigenvalue weighted by atomic mass is 16.3. The van der Waals surface area contributed by atoms with Crippen molar-refractivity contribution in [1.29, 1.82) is 0 Å². The van der Waals surface area contributed by atoms with Crippen molar-refractivity contribution in [3.8, 4) is 0 Å². The van der Waals surface area contributed by atoms with Gasteiger partial charge in [0.25, 0.3) is 0 Å². The number of rotatable bonds is 2. The van der Waals surface area contributed by atoms with Crippen LogP contribution in [0, 0.1) is 5.41 Å². The summed E-state index contributed by atoms with van der Waals surface area (Å²) in [5.41, 5.74) is 2.94. The number of ketones is 1. The lowest BCUT2D eigenvalue weighted by molar-refractivity contribution is -0.117. The average Bonchev–Trinajstić information content (AvgIpc) is 2.78. The van der Waals surface area contributed by atoms with Crippen LogP contribution in [0.15, 0.2) is 40.6 Å². The molecule has 0 spiro atoms. The van der Waals surface area contributed by atoms with Gasteiger partial charge in [0.1, 0.15) is 5.76 Å². The van der Waals surface area contributed by atoms with Crippen molar-refractivity contribution in [3.63, 3.8) is 0 Å². The number of Topliss-reactive ketones (excluding diaryl/α,β-unsaturated/α-hetero) is 1. The minimum Gasteiger partial charge on any atom is -0.511 e. The van der Waals surface area contributed by atoms with Gasteiger partial charge in [-0.3, -0.25) is 9.79 Å². The van der Waals surface area contributed by atoms with Crippen molar-refractivity contribution in [2.45, 2.75) is 45.6 Å². The van der Waals surface area contributed by atoms with Gasteiger partial charge in [0.2, 0.25) is 0 Å². The van der Waals surface area contributed by atoms with E-state index in [9.17, 15) is 9.90 Å². The Balaban J connectivity index is 1.74. The molecule has 110 valence electrons. The van der Waals surface area contributed by atoms with E-state index in [1.807, 2.05) is 26.0 Å². The van der Waals surface area contributed by atoms with Gasteiger partial charge in [-0.1, -0.05) is 38.1 Å². The summed E-state index contributed by atoms with van der Waals surface area (Å²) in [5, 5.41) is 10.1. The molecule has 0 unspecified atom stereocenters. The van der Waals surface area contributed by atoms with Crippen molar-refractivity contribution in [1.82, 2.24) is 0 Å². The Kier molecular flexibility index (Phi) is 3.44. The Morgan fingerprint density at radius 1 is 1.19 bits per heavy atom. The van der Waals surface area contributed by atoms with Gasteiger partial charge >= 0.3 is 0 Å². The van der Waals surface area contributed by atoms with E-state index in [2.05, 4.69) is 17.1 Å². The number of aliphatic hydroxyl groups is 1. The molecule has 2 aliphatic carbocycles. The molecule has 0 amide bonds. The number of hydrogen-bond donors (Lipinski definition) is 1. The van der Waals surface area contributed by atoms with Crippen LogP contribution < -0.4 is 0 Å². The van der Waals surface area contributed by atoms with Gasteiger partial charge in [0.05, 0.1) is 11.6 Å². The number of carbonyl (C=O) groups is 1. The number of nitrogens with zero attached hydrogens (tertiary/aromatic N) is 1. The first-order chi connectivity index (χ1) is 9.94. The zero-order valence-electron chi connectivity index (χ0n) is 12.6. The second kappa shape index (κ2) is 5.14. The summed E-state index contributed by atoms with van der Waals surface area (Å²) in [5.74, 6) is 0.193. The summed E-state index contributed by atoms with van der Waals surface area (Å²) >= 11 is 0. The second-order valence-electron chi connectivity index (χ2n) is 6.91. The van der Waals surface area contributed by atoms with E-state index in [4.69, 9.17) is 0 Å². The van der Waals surface area contributed by atoms with Crippen LogP contribution >= 0.6 is 0 Å². The molecule has 1 aromatic carbocycles. The molecule has 0 saturated heterocycles. The lowest BCUT2D eigenvalue weighted by atomic mass is 9.77. The molecule has 0 bridgehead atoms. The van der Waals surface area contributed by atoms with Crippen LogP contribution in [0.2, 0.25) is 0 Å². The van der Waals surface area contributed by atoms with Crippen molar-refractivity contribution in [2.24, 2.45) is 10.4 Å². The third-order valence-electron chi connectivity index (χ3n) is 4.34. The highest BCUT2D eigenvalue weighted by Crippen LogP contribution is 2.35. The van der Waals surface area contributed by atoms with Crippen LogP contribution in [0.25, 0.3) is 0 Å². The molecule has 3 nitrogen and oxygen atoms in total. The molecule has 0 radical (unpaired) electrons. The van der Waals surface area contributed by atoms with Crippen LogP contribution in [0.1, 0.15) is 37.8 Å². The van der Waals surface area contributed by atoms with Crippen molar-refractivity contribution in [3.05, 3.63) is 46.7 Å². The Hall–Kier alpha value is -1.90. The highest BCUT2D eigenvalue weighted by Gasteiger charge is 2.32. The topological polar surface area (TPSA) is 49.7 Å². The van der Waals surface area contributed by atoms with Crippen LogP contribution in [-0.4, -0.2) is 23.1 Å². The lowest BCUT2D eigenvalue weighted by Crippen LogP contribution is -2.26. The number of aliphatic hydroxyl groups excluding tert-OH is 1. The summed E-state index contributed by atoms with van der Waals surface area (Å²) in [6, 6.07) is 8.55. The molecule has 3 heteroatoms. The third-order valence-corrected chi connectivity index (χ3v) is 4.34. The second-order valence-corrected chi connectivity index (χ2v) is 6.91. The summed E-state index contributed by atoms with van der Waals surface area (Å²) < 4.78 is 0. The van der Waals surface area contributed by atoms with Crippen LogP contribution in [0.5, 0.6) is 0 Å². The molecule has 21 heavy (non-hydrogen) atoms. The maximum Gasteiger partial charge on any atom is 0.168 e. The fourth-order valence-electron chi connectivity index (χ4n) is 3.27. The fourth-order valence-corrected chi connectivity index (χ4v) is 3.27. The lowest BCUT2D eigenvalue weighted by Gasteiger charge is -2.28. The molecule has 0 fully saturated rings. The summed E-state index contributed by atoms with van der Waals surface area (Å²) in [6.45, 7) is 4.01. The number of benzene rings is 1. The van der Waals surface area contributed by atoms with Gasteiger partial charge < -0.3 is 5.11 Å². The molecule has 0 aromatic heterocycles. The normalized spacial score (nSPS) is 22.1. The summed E-state index contributed by atoms with van der Waals surface area (Å²) in [6.07, 6.45) is 4.46. The summed E-state index contributed by atoms with van der Waals surface area (Å²) in [4.78, 5) is 16.7. The summed E-state index contributed by atoms with van der Waals surface area (Å²) in [7, 11) is 0. The van der Waals surface area contributed by atoms with E-state index in [0.717, 1.165) is 12.8 Å². The van der Waals surface area contributed by atoms with E-state index >= 15 is 0 Å². The number of carbonyl (C=O) groups excluding carboxylic acids is 1. The van der Waals surface area contributed by atoms with Gasteiger partial charge in [0.15, 0.2) is 5.78 Å². The van der Waals surface area contributed by atoms with Crippen LogP contribution in [-0.2, 0) is 17.6 Å². The predicted molar refractivity (Wildman–Crippen MR) is 83.8 cm³/mol. The quantitative estimate of drug-likeness (QED) is 0.845. The molecule has 0 heterocycles. The van der Waals surface area contributed by atoms with E-state index in [-0.39, 0.29) is 23.0 Å². The SMILES string of the molecule is CC1(C)CC(=O)C(C=NC2Cc3ccccc3C2)=C(O)C1. The van der Waals surface area contributed by atoms with Gasteiger partial charge in [0, 0.05) is 19.1 Å². The largest absolute Gasteiger partial charge is 0.511 e. The van der Waals surface area contributed by atoms with Crippen LogP contribution in [0.4, 0.5) is 0 Å². The van der Waals surface area contributed by atoms with Gasteiger partial charge in [-0.05, 0) is 29.4 Å². The standard InChI is InChI=1S/C18H21NO2/c1-18(2)9-16(20)15(17(21)10-18)11-19-14-7-12-5-3-4-6-13(12)8-14/h3-6,11,14,20H,7-10H2,1-2H3. The van der Waals surface area contributed by atoms with Gasteiger partial charge in [-0.2, -0.15) is 0 Å². The molecule has 0 saturated carbocycles. The number of fused-ring (bicyclic) bond motifs is 1. The molecular formula is C18H21NO2. The molecule has 1 aromatic rings. The van der Waals surface area contributed by atoms with Crippen LogP contribution in [0.3, 0.4) is 0 Å². The van der Waals surface area contributed by atoms with E-state index in [1.54, 1.807) is 6.21 Å². The molecule has 1 N–H and O–H groups in total. The number of allylic oxidation sites excluding steroid dienone is 2. The predicted octanol–water partition coefficient (Wildman–Crippen LogP) is 3.43. The molecule has 3 rings (SSSR count). The van der Waals surface area contributed by atoms with Crippen molar-refractivity contribution < 1.29 is 9.90 Å². The maximum atomic E-state index is 12.1. The smallest absolute Gasteiger partial charge is 0.168 e. The Labute approximate surface area is 125 Å². The zero-order valence-corrected chi connectivity index (χ0v) is 12.6. The molecule has 2 aliphatic rings. The molecule has 0 atom stereocenters. The molecular weight excluding hydrogens is 262 g/mol. The Morgan fingerprint density at radius 2 is 1.81 bits per heavy atom. The number of hydrogen-bond acceptors (Lipinski definition) is 3.